The predicted octanol–water partition coefficient (Wildman–Crippen LogP) is 7.82. The van der Waals surface area contributed by atoms with E-state index in [9.17, 15) is 0 Å². The minimum atomic E-state index is -1.86. The Morgan fingerprint density at radius 3 is 2.44 bits per heavy atom. The summed E-state index contributed by atoms with van der Waals surface area (Å²) >= 11 is 4.05. The Morgan fingerprint density at radius 2 is 1.89 bits per heavy atom. The van der Waals surface area contributed by atoms with Crippen molar-refractivity contribution in [2.24, 2.45) is 0 Å². The Balaban J connectivity index is 3.06. The highest BCUT2D eigenvalue weighted by atomic mass is 127. The zero-order valence-electron chi connectivity index (χ0n) is 18.0. The number of hydrogen-bond acceptors (Lipinski definition) is 3. The molecule has 5 heteroatoms. The van der Waals surface area contributed by atoms with E-state index in [0.29, 0.717) is 0 Å². The van der Waals surface area contributed by atoms with Crippen LogP contribution in [-0.2, 0) is 16.3 Å². The normalized spacial score (nSPS) is 15.0. The number of thiazole rings is 1. The number of nitrogens with zero attached hydrogens (tertiary/aromatic N) is 1. The van der Waals surface area contributed by atoms with Gasteiger partial charge in [0.25, 0.3) is 0 Å². The third-order valence-corrected chi connectivity index (χ3v) is 11.6. The quantitative estimate of drug-likeness (QED) is 0.179. The van der Waals surface area contributed by atoms with Crippen LogP contribution in [0.3, 0.4) is 0 Å². The van der Waals surface area contributed by atoms with Gasteiger partial charge in [-0.25, -0.2) is 4.98 Å². The lowest BCUT2D eigenvalue weighted by atomic mass is 9.85. The Kier molecular flexibility index (Phi) is 9.65. The van der Waals surface area contributed by atoms with Gasteiger partial charge in [0.1, 0.15) is 5.01 Å². The number of rotatable bonds is 10. The molecule has 0 saturated carbocycles. The van der Waals surface area contributed by atoms with Crippen molar-refractivity contribution in [2.45, 2.75) is 83.5 Å². The molecule has 0 spiro atoms. The smallest absolute Gasteiger partial charge is 0.192 e. The highest BCUT2D eigenvalue weighted by Gasteiger charge is 2.43. The summed E-state index contributed by atoms with van der Waals surface area (Å²) in [4.78, 5) is 4.95. The largest absolute Gasteiger partial charge is 0.413 e. The van der Waals surface area contributed by atoms with Crippen LogP contribution in [0.15, 0.2) is 40.3 Å². The fraction of sp³-hybridized carbons (Fsp3) is 0.591. The molecule has 1 aromatic heterocycles. The summed E-state index contributed by atoms with van der Waals surface area (Å²) in [5, 5.41) is 3.55. The summed E-state index contributed by atoms with van der Waals surface area (Å²) in [5.74, 6) is 0. The van der Waals surface area contributed by atoms with E-state index in [0.717, 1.165) is 25.0 Å². The van der Waals surface area contributed by atoms with E-state index in [1.807, 2.05) is 6.08 Å². The second-order valence-electron chi connectivity index (χ2n) is 9.03. The second-order valence-corrected chi connectivity index (χ2v) is 15.4. The summed E-state index contributed by atoms with van der Waals surface area (Å²) in [6.07, 6.45) is 11.3. The third-order valence-electron chi connectivity index (χ3n) is 5.39. The topological polar surface area (TPSA) is 22.1 Å². The Morgan fingerprint density at radius 1 is 1.22 bits per heavy atom. The van der Waals surface area contributed by atoms with Crippen LogP contribution in [-0.4, -0.2) is 19.4 Å². The summed E-state index contributed by atoms with van der Waals surface area (Å²) in [6, 6.07) is 0. The highest BCUT2D eigenvalue weighted by Crippen LogP contribution is 2.42. The van der Waals surface area contributed by atoms with Gasteiger partial charge in [-0.05, 0) is 35.1 Å². The minimum absolute atomic E-state index is 0.125. The van der Waals surface area contributed by atoms with Gasteiger partial charge >= 0.3 is 0 Å². The van der Waals surface area contributed by atoms with Crippen LogP contribution < -0.4 is 0 Å². The first-order valence-electron chi connectivity index (χ1n) is 9.59. The van der Waals surface area contributed by atoms with E-state index in [-0.39, 0.29) is 16.6 Å². The zero-order chi connectivity index (χ0) is 20.7. The summed E-state index contributed by atoms with van der Waals surface area (Å²) in [7, 11) is -1.86. The molecule has 0 aliphatic rings. The molecule has 152 valence electrons. The SMILES string of the molecule is C=CC/C=C/Cc1csc(C(C)(C)[C@@H](C/C=C\I)O[Si](C)(C)C(C)(C)C)n1. The van der Waals surface area contributed by atoms with Gasteiger partial charge in [-0.15, -0.1) is 17.9 Å². The van der Waals surface area contributed by atoms with Crippen LogP contribution >= 0.6 is 33.9 Å². The first kappa shape index (κ1) is 24.8. The van der Waals surface area contributed by atoms with Crippen molar-refractivity contribution >= 4 is 42.2 Å². The Labute approximate surface area is 185 Å². The minimum Gasteiger partial charge on any atom is -0.413 e. The second kappa shape index (κ2) is 10.5. The number of aromatic nitrogens is 1. The van der Waals surface area contributed by atoms with Gasteiger partial charge in [0, 0.05) is 17.2 Å². The third kappa shape index (κ3) is 7.26. The summed E-state index contributed by atoms with van der Waals surface area (Å²) < 4.78 is 8.96. The van der Waals surface area contributed by atoms with Crippen molar-refractivity contribution in [3.05, 3.63) is 51.0 Å². The highest BCUT2D eigenvalue weighted by molar-refractivity contribution is 14.1. The Hall–Kier alpha value is -0.243. The predicted molar refractivity (Wildman–Crippen MR) is 133 cm³/mol. The van der Waals surface area contributed by atoms with Crippen molar-refractivity contribution < 1.29 is 4.43 Å². The van der Waals surface area contributed by atoms with Crippen LogP contribution in [0.1, 0.15) is 58.2 Å². The van der Waals surface area contributed by atoms with Crippen LogP contribution in [0, 0.1) is 0 Å². The monoisotopic (exact) mass is 517 g/mol. The molecular formula is C22H36INOSSi. The molecule has 27 heavy (non-hydrogen) atoms. The van der Waals surface area contributed by atoms with Crippen LogP contribution in [0.2, 0.25) is 18.1 Å². The number of hydrogen-bond donors (Lipinski definition) is 0. The maximum Gasteiger partial charge on any atom is 0.192 e. The first-order chi connectivity index (χ1) is 12.5. The van der Waals surface area contributed by atoms with Gasteiger partial charge in [0.2, 0.25) is 0 Å². The van der Waals surface area contributed by atoms with Gasteiger partial charge < -0.3 is 4.43 Å². The maximum absolute atomic E-state index is 6.87. The molecule has 2 nitrogen and oxygen atoms in total. The zero-order valence-corrected chi connectivity index (χ0v) is 22.0. The van der Waals surface area contributed by atoms with Gasteiger partial charge in [0.05, 0.1) is 11.8 Å². The molecule has 0 radical (unpaired) electrons. The van der Waals surface area contributed by atoms with Crippen LogP contribution in [0.4, 0.5) is 0 Å². The van der Waals surface area contributed by atoms with Gasteiger partial charge in [-0.1, -0.05) is 81.5 Å². The van der Waals surface area contributed by atoms with E-state index in [2.05, 4.69) is 105 Å². The molecule has 0 fully saturated rings. The van der Waals surface area contributed by atoms with Gasteiger partial charge in [-0.2, -0.15) is 0 Å². The molecular weight excluding hydrogens is 481 g/mol. The van der Waals surface area contributed by atoms with Crippen molar-refractivity contribution in [3.63, 3.8) is 0 Å². The standard InChI is InChI=1S/C22H36INOSSi/c1-9-10-11-12-14-18-17-26-20(24-18)22(5,6)19(15-13-16-23)25-27(7,8)21(2,3)4/h9,11-13,16-17,19H,1,10,14-15H2,2-8H3/b12-11+,16-13-/t19-/m1/s1. The summed E-state index contributed by atoms with van der Waals surface area (Å²) in [5.41, 5.74) is 1.01. The van der Waals surface area contributed by atoms with Crippen LogP contribution in [0.25, 0.3) is 0 Å². The molecule has 0 bridgehead atoms. The molecule has 1 aromatic rings. The van der Waals surface area contributed by atoms with E-state index in [1.165, 1.54) is 5.01 Å². The van der Waals surface area contributed by atoms with Gasteiger partial charge in [-0.3, -0.25) is 0 Å². The molecule has 0 aliphatic carbocycles. The average molecular weight is 518 g/mol. The van der Waals surface area contributed by atoms with E-state index in [4.69, 9.17) is 9.41 Å². The van der Waals surface area contributed by atoms with Gasteiger partial charge in [0.15, 0.2) is 8.32 Å². The molecule has 0 N–H and O–H groups in total. The molecule has 1 rings (SSSR count). The average Bonchev–Trinajstić information content (AvgIpc) is 3.04. The van der Waals surface area contributed by atoms with E-state index < -0.39 is 8.32 Å². The van der Waals surface area contributed by atoms with E-state index in [1.54, 1.807) is 11.3 Å². The molecule has 1 heterocycles. The number of allylic oxidation sites excluding steroid dienone is 3. The lowest BCUT2D eigenvalue weighted by Crippen LogP contribution is -2.49. The molecule has 1 atom stereocenters. The lowest BCUT2D eigenvalue weighted by molar-refractivity contribution is 0.111. The fourth-order valence-corrected chi connectivity index (χ4v) is 5.18. The lowest BCUT2D eigenvalue weighted by Gasteiger charge is -2.43. The first-order valence-corrected chi connectivity index (χ1v) is 14.6. The number of halogens is 1. The van der Waals surface area contributed by atoms with E-state index >= 15 is 0 Å². The molecule has 0 aromatic carbocycles. The van der Waals surface area contributed by atoms with Crippen molar-refractivity contribution in [1.82, 2.24) is 4.98 Å². The summed E-state index contributed by atoms with van der Waals surface area (Å²) in [6.45, 7) is 19.9. The fourth-order valence-electron chi connectivity index (χ4n) is 2.43. The molecule has 0 aliphatic heterocycles. The molecule has 0 amide bonds. The van der Waals surface area contributed by atoms with Crippen molar-refractivity contribution in [3.8, 4) is 0 Å². The van der Waals surface area contributed by atoms with Crippen molar-refractivity contribution in [1.29, 1.82) is 0 Å². The maximum atomic E-state index is 6.87. The molecule has 0 unspecified atom stereocenters. The van der Waals surface area contributed by atoms with Crippen LogP contribution in [0.5, 0.6) is 0 Å². The molecule has 0 saturated heterocycles. The Bertz CT molecular complexity index is 656. The van der Waals surface area contributed by atoms with Crippen molar-refractivity contribution in [2.75, 3.05) is 0 Å².